The molecule has 10 heavy (non-hydrogen) atoms. The summed E-state index contributed by atoms with van der Waals surface area (Å²) in [5.41, 5.74) is -1.62. The fraction of sp³-hybridized carbons (Fsp3) is 1.00. The van der Waals surface area contributed by atoms with Gasteiger partial charge in [0.15, 0.2) is 0 Å². The average molecular weight is 155 g/mol. The number of nitrogens with one attached hydrogen (secondary N) is 1. The van der Waals surface area contributed by atoms with Gasteiger partial charge < -0.3 is 5.32 Å². The summed E-state index contributed by atoms with van der Waals surface area (Å²) < 4.78 is 35.9. The van der Waals surface area contributed by atoms with Crippen molar-refractivity contribution in [3.05, 3.63) is 0 Å². The van der Waals surface area contributed by atoms with Crippen molar-refractivity contribution in [2.24, 2.45) is 5.41 Å². The Morgan fingerprint density at radius 2 is 1.60 bits per heavy atom. The van der Waals surface area contributed by atoms with Crippen molar-refractivity contribution in [1.82, 2.24) is 5.32 Å². The van der Waals surface area contributed by atoms with Crippen LogP contribution in [0.2, 0.25) is 0 Å². The lowest BCUT2D eigenvalue weighted by Gasteiger charge is -2.26. The number of halogens is 3. The van der Waals surface area contributed by atoms with Crippen molar-refractivity contribution < 1.29 is 13.2 Å². The third-order valence-corrected chi connectivity index (χ3v) is 1.39. The molecule has 0 spiro atoms. The highest BCUT2D eigenvalue weighted by Gasteiger charge is 2.46. The van der Waals surface area contributed by atoms with Crippen LogP contribution >= 0.6 is 0 Å². The number of alkyl halides is 3. The highest BCUT2D eigenvalue weighted by Crippen LogP contribution is 2.36. The number of hydrogen-bond acceptors (Lipinski definition) is 1. The van der Waals surface area contributed by atoms with Crippen LogP contribution in [0.3, 0.4) is 0 Å². The van der Waals surface area contributed by atoms with E-state index in [1.165, 1.54) is 20.9 Å². The SMILES string of the molecule is CNCC(C)(C)C(F)(F)F. The van der Waals surface area contributed by atoms with Gasteiger partial charge in [-0.2, -0.15) is 13.2 Å². The van der Waals surface area contributed by atoms with E-state index in [1.807, 2.05) is 0 Å². The monoisotopic (exact) mass is 155 g/mol. The maximum atomic E-state index is 12.0. The van der Waals surface area contributed by atoms with Gasteiger partial charge in [0.25, 0.3) is 0 Å². The van der Waals surface area contributed by atoms with E-state index in [9.17, 15) is 13.2 Å². The molecule has 0 aliphatic heterocycles. The quantitative estimate of drug-likeness (QED) is 0.641. The summed E-state index contributed by atoms with van der Waals surface area (Å²) in [4.78, 5) is 0. The van der Waals surface area contributed by atoms with Gasteiger partial charge in [0.2, 0.25) is 0 Å². The summed E-state index contributed by atoms with van der Waals surface area (Å²) in [6.45, 7) is 2.30. The van der Waals surface area contributed by atoms with Gasteiger partial charge in [0, 0.05) is 6.54 Å². The zero-order valence-corrected chi connectivity index (χ0v) is 6.34. The Labute approximate surface area is 58.6 Å². The van der Waals surface area contributed by atoms with Gasteiger partial charge >= 0.3 is 6.18 Å². The Morgan fingerprint density at radius 1 is 1.20 bits per heavy atom. The highest BCUT2D eigenvalue weighted by molar-refractivity contribution is 4.78. The van der Waals surface area contributed by atoms with Gasteiger partial charge in [0.05, 0.1) is 5.41 Å². The molecule has 0 aromatic heterocycles. The van der Waals surface area contributed by atoms with Crippen LogP contribution in [0.1, 0.15) is 13.8 Å². The van der Waals surface area contributed by atoms with Gasteiger partial charge in [-0.25, -0.2) is 0 Å². The second-order valence-electron chi connectivity index (χ2n) is 2.91. The molecular formula is C6H12F3N. The Balaban J connectivity index is 4.10. The molecule has 0 saturated heterocycles. The molecule has 0 atom stereocenters. The molecule has 0 aromatic carbocycles. The number of hydrogen-bond donors (Lipinski definition) is 1. The topological polar surface area (TPSA) is 12.0 Å². The van der Waals surface area contributed by atoms with Crippen LogP contribution in [0.15, 0.2) is 0 Å². The first-order valence-electron chi connectivity index (χ1n) is 3.02. The van der Waals surface area contributed by atoms with Crippen molar-refractivity contribution >= 4 is 0 Å². The Hall–Kier alpha value is -0.250. The normalized spacial score (nSPS) is 13.8. The largest absolute Gasteiger partial charge is 0.395 e. The Morgan fingerprint density at radius 3 is 1.70 bits per heavy atom. The second-order valence-corrected chi connectivity index (χ2v) is 2.91. The summed E-state index contributed by atoms with van der Waals surface area (Å²) in [7, 11) is 1.51. The summed E-state index contributed by atoms with van der Waals surface area (Å²) in [5, 5.41) is 2.49. The molecule has 0 radical (unpaired) electrons. The van der Waals surface area contributed by atoms with Crippen LogP contribution < -0.4 is 5.32 Å². The summed E-state index contributed by atoms with van der Waals surface area (Å²) in [6, 6.07) is 0. The molecular weight excluding hydrogens is 143 g/mol. The maximum absolute atomic E-state index is 12.0. The molecule has 0 fully saturated rings. The van der Waals surface area contributed by atoms with E-state index < -0.39 is 11.6 Å². The third-order valence-electron chi connectivity index (χ3n) is 1.39. The molecule has 0 saturated carbocycles. The molecule has 1 nitrogen and oxygen atoms in total. The van der Waals surface area contributed by atoms with E-state index in [0.29, 0.717) is 0 Å². The minimum atomic E-state index is -4.12. The first kappa shape index (κ1) is 9.75. The molecule has 4 heteroatoms. The molecule has 62 valence electrons. The first-order valence-corrected chi connectivity index (χ1v) is 3.02. The summed E-state index contributed by atoms with van der Waals surface area (Å²) in [5.74, 6) is 0. The van der Waals surface area contributed by atoms with Crippen molar-refractivity contribution in [1.29, 1.82) is 0 Å². The predicted octanol–water partition coefficient (Wildman–Crippen LogP) is 1.79. The minimum absolute atomic E-state index is 0.0451. The van der Waals surface area contributed by atoms with Crippen molar-refractivity contribution in [2.75, 3.05) is 13.6 Å². The van der Waals surface area contributed by atoms with Gasteiger partial charge in [0.1, 0.15) is 0 Å². The van der Waals surface area contributed by atoms with Gasteiger partial charge in [-0.3, -0.25) is 0 Å². The van der Waals surface area contributed by atoms with E-state index in [4.69, 9.17) is 0 Å². The maximum Gasteiger partial charge on any atom is 0.395 e. The molecule has 0 unspecified atom stereocenters. The minimum Gasteiger partial charge on any atom is -0.319 e. The standard InChI is InChI=1S/C6H12F3N/c1-5(2,4-10-3)6(7,8)9/h10H,4H2,1-3H3. The van der Waals surface area contributed by atoms with Crippen molar-refractivity contribution in [3.63, 3.8) is 0 Å². The lowest BCUT2D eigenvalue weighted by Crippen LogP contribution is -2.40. The number of rotatable bonds is 2. The van der Waals surface area contributed by atoms with Crippen molar-refractivity contribution in [3.8, 4) is 0 Å². The fourth-order valence-electron chi connectivity index (χ4n) is 0.542. The fourth-order valence-corrected chi connectivity index (χ4v) is 0.542. The van der Waals surface area contributed by atoms with Crippen LogP contribution in [0, 0.1) is 5.41 Å². The molecule has 0 bridgehead atoms. The molecule has 0 amide bonds. The zero-order chi connectivity index (χ0) is 8.41. The van der Waals surface area contributed by atoms with Gasteiger partial charge in [-0.15, -0.1) is 0 Å². The highest BCUT2D eigenvalue weighted by atomic mass is 19.4. The van der Waals surface area contributed by atoms with E-state index in [2.05, 4.69) is 5.32 Å². The summed E-state index contributed by atoms with van der Waals surface area (Å²) in [6.07, 6.45) is -4.12. The Kier molecular flexibility index (Phi) is 2.71. The van der Waals surface area contributed by atoms with E-state index >= 15 is 0 Å². The second kappa shape index (κ2) is 2.78. The van der Waals surface area contributed by atoms with Crippen LogP contribution in [0.4, 0.5) is 13.2 Å². The molecule has 1 N–H and O–H groups in total. The molecule has 0 aliphatic carbocycles. The molecule has 0 rings (SSSR count). The third kappa shape index (κ3) is 2.17. The van der Waals surface area contributed by atoms with Crippen LogP contribution in [0.25, 0.3) is 0 Å². The van der Waals surface area contributed by atoms with E-state index in [1.54, 1.807) is 0 Å². The zero-order valence-electron chi connectivity index (χ0n) is 6.34. The van der Waals surface area contributed by atoms with E-state index in [-0.39, 0.29) is 6.54 Å². The lowest BCUT2D eigenvalue weighted by molar-refractivity contribution is -0.209. The predicted molar refractivity (Wildman–Crippen MR) is 33.8 cm³/mol. The molecule has 0 heterocycles. The van der Waals surface area contributed by atoms with Crippen molar-refractivity contribution in [2.45, 2.75) is 20.0 Å². The molecule has 0 aromatic rings. The first-order chi connectivity index (χ1) is 4.31. The van der Waals surface area contributed by atoms with Gasteiger partial charge in [-0.05, 0) is 20.9 Å². The molecule has 0 aliphatic rings. The summed E-state index contributed by atoms with van der Waals surface area (Å²) >= 11 is 0. The smallest absolute Gasteiger partial charge is 0.319 e. The average Bonchev–Trinajstić information content (AvgIpc) is 1.61. The van der Waals surface area contributed by atoms with E-state index in [0.717, 1.165) is 0 Å². The van der Waals surface area contributed by atoms with Crippen LogP contribution in [-0.4, -0.2) is 19.8 Å². The van der Waals surface area contributed by atoms with Crippen LogP contribution in [-0.2, 0) is 0 Å². The van der Waals surface area contributed by atoms with Gasteiger partial charge in [-0.1, -0.05) is 0 Å². The van der Waals surface area contributed by atoms with Crippen LogP contribution in [0.5, 0.6) is 0 Å². The Bertz CT molecular complexity index is 106. The lowest BCUT2D eigenvalue weighted by atomic mass is 9.93.